The third kappa shape index (κ3) is 2.11. The Morgan fingerprint density at radius 3 is 2.80 bits per heavy atom. The van der Waals surface area contributed by atoms with E-state index in [1.165, 1.54) is 10.8 Å². The second kappa shape index (κ2) is 5.16. The molecule has 1 aliphatic carbocycles. The molecule has 0 radical (unpaired) electrons. The first kappa shape index (κ1) is 16.3. The largest absolute Gasteiger partial charge is 0.350 e. The molecule has 25 heavy (non-hydrogen) atoms. The maximum atomic E-state index is 12.9. The molecule has 1 saturated heterocycles. The van der Waals surface area contributed by atoms with Crippen LogP contribution in [-0.4, -0.2) is 27.8 Å². The van der Waals surface area contributed by atoms with Gasteiger partial charge in [0.05, 0.1) is 0 Å². The van der Waals surface area contributed by atoms with Gasteiger partial charge in [0, 0.05) is 18.3 Å². The molecule has 1 saturated carbocycles. The summed E-state index contributed by atoms with van der Waals surface area (Å²) < 4.78 is 1.48. The van der Waals surface area contributed by atoms with E-state index in [-0.39, 0.29) is 22.1 Å². The molecular weight excluding hydrogens is 314 g/mol. The van der Waals surface area contributed by atoms with E-state index in [9.17, 15) is 9.59 Å². The third-order valence-corrected chi connectivity index (χ3v) is 6.80. The van der Waals surface area contributed by atoms with Crippen molar-refractivity contribution in [2.75, 3.05) is 11.4 Å². The SMILES string of the molecule is Cc1cccn2c(=O)c(C=O)c(N3C[C@H]4CCC(C)(C)[C@]3(C)C4)nc12. The number of anilines is 1. The van der Waals surface area contributed by atoms with Gasteiger partial charge in [-0.05, 0) is 56.1 Å². The van der Waals surface area contributed by atoms with Crippen LogP contribution in [0.2, 0.25) is 0 Å². The smallest absolute Gasteiger partial charge is 0.270 e. The fourth-order valence-corrected chi connectivity index (χ4v) is 4.80. The zero-order chi connectivity index (χ0) is 18.0. The van der Waals surface area contributed by atoms with Crippen molar-refractivity contribution in [2.24, 2.45) is 11.3 Å². The average molecular weight is 339 g/mol. The number of aromatic nitrogens is 2. The molecule has 3 heterocycles. The predicted octanol–water partition coefficient (Wildman–Crippen LogP) is 3.22. The minimum atomic E-state index is -0.276. The first-order valence-electron chi connectivity index (χ1n) is 9.03. The van der Waals surface area contributed by atoms with Gasteiger partial charge in [0.25, 0.3) is 5.56 Å². The number of carbonyl (C=O) groups is 1. The molecule has 5 nitrogen and oxygen atoms in total. The number of hydrogen-bond donors (Lipinski definition) is 0. The summed E-state index contributed by atoms with van der Waals surface area (Å²) in [5, 5.41) is 0. The van der Waals surface area contributed by atoms with E-state index >= 15 is 0 Å². The summed E-state index contributed by atoms with van der Waals surface area (Å²) >= 11 is 0. The van der Waals surface area contributed by atoms with Gasteiger partial charge >= 0.3 is 0 Å². The molecule has 2 bridgehead atoms. The average Bonchev–Trinajstić information content (AvgIpc) is 2.88. The minimum Gasteiger partial charge on any atom is -0.350 e. The van der Waals surface area contributed by atoms with Crippen molar-refractivity contribution < 1.29 is 4.79 Å². The maximum Gasteiger partial charge on any atom is 0.270 e. The van der Waals surface area contributed by atoms with E-state index in [2.05, 4.69) is 25.7 Å². The minimum absolute atomic E-state index is 0.0891. The Hall–Kier alpha value is -2.17. The van der Waals surface area contributed by atoms with Gasteiger partial charge in [-0.1, -0.05) is 19.9 Å². The molecule has 2 aliphatic rings. The van der Waals surface area contributed by atoms with E-state index < -0.39 is 0 Å². The number of pyridine rings is 1. The summed E-state index contributed by atoms with van der Waals surface area (Å²) in [6.07, 6.45) is 5.81. The molecule has 0 spiro atoms. The number of aldehydes is 1. The lowest BCUT2D eigenvalue weighted by Gasteiger charge is -2.49. The third-order valence-electron chi connectivity index (χ3n) is 6.80. The maximum absolute atomic E-state index is 12.9. The Balaban J connectivity index is 2.00. The van der Waals surface area contributed by atoms with Gasteiger partial charge in [0.1, 0.15) is 17.0 Å². The Labute approximate surface area is 147 Å². The van der Waals surface area contributed by atoms with Gasteiger partial charge in [0.2, 0.25) is 0 Å². The van der Waals surface area contributed by atoms with Crippen molar-refractivity contribution in [1.29, 1.82) is 0 Å². The number of fused-ring (bicyclic) bond motifs is 3. The molecule has 5 heteroatoms. The van der Waals surface area contributed by atoms with E-state index in [1.807, 2.05) is 19.1 Å². The lowest BCUT2D eigenvalue weighted by Crippen LogP contribution is -2.53. The van der Waals surface area contributed by atoms with Crippen LogP contribution >= 0.6 is 0 Å². The van der Waals surface area contributed by atoms with Crippen molar-refractivity contribution in [1.82, 2.24) is 9.38 Å². The molecule has 0 unspecified atom stereocenters. The predicted molar refractivity (Wildman–Crippen MR) is 98.5 cm³/mol. The molecule has 1 aliphatic heterocycles. The van der Waals surface area contributed by atoms with Gasteiger partial charge in [0.15, 0.2) is 6.29 Å². The Bertz CT molecular complexity index is 930. The summed E-state index contributed by atoms with van der Waals surface area (Å²) in [5.41, 5.74) is 1.49. The van der Waals surface area contributed by atoms with E-state index in [1.54, 1.807) is 6.20 Å². The molecule has 2 aromatic heterocycles. The van der Waals surface area contributed by atoms with Crippen LogP contribution in [0.5, 0.6) is 0 Å². The highest BCUT2D eigenvalue weighted by molar-refractivity contribution is 5.84. The molecular formula is C20H25N3O2. The Kier molecular flexibility index (Phi) is 3.37. The van der Waals surface area contributed by atoms with Gasteiger partial charge in [-0.3, -0.25) is 14.0 Å². The molecule has 4 rings (SSSR count). The molecule has 2 fully saturated rings. The normalized spacial score (nSPS) is 27.7. The highest BCUT2D eigenvalue weighted by Crippen LogP contribution is 2.55. The van der Waals surface area contributed by atoms with Gasteiger partial charge in [-0.2, -0.15) is 0 Å². The first-order valence-corrected chi connectivity index (χ1v) is 9.03. The molecule has 0 aromatic carbocycles. The fourth-order valence-electron chi connectivity index (χ4n) is 4.80. The van der Waals surface area contributed by atoms with Gasteiger partial charge in [-0.25, -0.2) is 4.98 Å². The van der Waals surface area contributed by atoms with Crippen LogP contribution in [0.4, 0.5) is 5.82 Å². The zero-order valence-electron chi connectivity index (χ0n) is 15.4. The summed E-state index contributed by atoms with van der Waals surface area (Å²) in [7, 11) is 0. The highest BCUT2D eigenvalue weighted by atomic mass is 16.1. The van der Waals surface area contributed by atoms with Crippen molar-refractivity contribution in [3.8, 4) is 0 Å². The van der Waals surface area contributed by atoms with Crippen LogP contribution in [0.1, 0.15) is 56.0 Å². The van der Waals surface area contributed by atoms with E-state index in [0.717, 1.165) is 24.9 Å². The van der Waals surface area contributed by atoms with Gasteiger partial charge in [-0.15, -0.1) is 0 Å². The van der Waals surface area contributed by atoms with Crippen LogP contribution in [0, 0.1) is 18.3 Å². The Morgan fingerprint density at radius 2 is 2.08 bits per heavy atom. The van der Waals surface area contributed by atoms with Crippen molar-refractivity contribution in [2.45, 2.75) is 52.5 Å². The number of aryl methyl sites for hydroxylation is 1. The first-order chi connectivity index (χ1) is 11.8. The second-order valence-electron chi connectivity index (χ2n) is 8.53. The van der Waals surface area contributed by atoms with Crippen LogP contribution in [0.3, 0.4) is 0 Å². The van der Waals surface area contributed by atoms with Crippen LogP contribution in [0.25, 0.3) is 5.65 Å². The summed E-state index contributed by atoms with van der Waals surface area (Å²) in [6.45, 7) is 9.67. The monoisotopic (exact) mass is 339 g/mol. The van der Waals surface area contributed by atoms with Crippen LogP contribution < -0.4 is 10.5 Å². The van der Waals surface area contributed by atoms with Crippen molar-refractivity contribution >= 4 is 17.8 Å². The number of nitrogens with zero attached hydrogens (tertiary/aromatic N) is 3. The summed E-state index contributed by atoms with van der Waals surface area (Å²) in [6, 6.07) is 3.76. The van der Waals surface area contributed by atoms with Crippen molar-refractivity contribution in [3.63, 3.8) is 0 Å². The summed E-state index contributed by atoms with van der Waals surface area (Å²) in [5.74, 6) is 1.17. The summed E-state index contributed by atoms with van der Waals surface area (Å²) in [4.78, 5) is 31.8. The molecule has 2 aromatic rings. The number of rotatable bonds is 2. The lowest BCUT2D eigenvalue weighted by molar-refractivity contribution is 0.111. The zero-order valence-corrected chi connectivity index (χ0v) is 15.4. The molecule has 0 amide bonds. The Morgan fingerprint density at radius 1 is 1.32 bits per heavy atom. The van der Waals surface area contributed by atoms with Crippen molar-refractivity contribution in [3.05, 3.63) is 39.8 Å². The molecule has 2 atom stereocenters. The van der Waals surface area contributed by atoms with Crippen LogP contribution in [0.15, 0.2) is 23.1 Å². The van der Waals surface area contributed by atoms with E-state index in [0.29, 0.717) is 23.7 Å². The fraction of sp³-hybridized carbons (Fsp3) is 0.550. The van der Waals surface area contributed by atoms with Gasteiger partial charge < -0.3 is 4.90 Å². The number of carbonyl (C=O) groups excluding carboxylic acids is 1. The second-order valence-corrected chi connectivity index (χ2v) is 8.53. The standard InChI is InChI=1S/C20H25N3O2/c1-13-6-5-9-22-16(13)21-17(15(12-24)18(22)25)23-11-14-7-8-19(2,3)20(23,4)10-14/h5-6,9,12,14H,7-8,10-11H2,1-4H3/t14-,20-/m0/s1. The van der Waals surface area contributed by atoms with Crippen LogP contribution in [-0.2, 0) is 0 Å². The quantitative estimate of drug-likeness (QED) is 0.788. The molecule has 0 N–H and O–H groups in total. The lowest BCUT2D eigenvalue weighted by atomic mass is 9.63. The topological polar surface area (TPSA) is 54.7 Å². The van der Waals surface area contributed by atoms with E-state index in [4.69, 9.17) is 4.98 Å². The highest BCUT2D eigenvalue weighted by Gasteiger charge is 2.55. The molecule has 132 valence electrons. The number of hydrogen-bond acceptors (Lipinski definition) is 4.